The molecule has 230 valence electrons. The molecule has 2 aromatic rings. The number of nitrogens with zero attached hydrogens (tertiary/aromatic N) is 1. The molecule has 0 spiro atoms. The van der Waals surface area contributed by atoms with E-state index in [0.29, 0.717) is 53.7 Å². The van der Waals surface area contributed by atoms with Gasteiger partial charge >= 0.3 is 0 Å². The number of ketones is 2. The number of hydrogen-bond donors (Lipinski definition) is 0. The van der Waals surface area contributed by atoms with Crippen LogP contribution in [0.1, 0.15) is 76.8 Å². The molecule has 0 atom stereocenters. The van der Waals surface area contributed by atoms with E-state index in [0.717, 1.165) is 41.8 Å². The van der Waals surface area contributed by atoms with Gasteiger partial charge in [0.15, 0.2) is 23.1 Å². The van der Waals surface area contributed by atoms with Gasteiger partial charge in [-0.3, -0.25) is 9.59 Å². The maximum atomic E-state index is 14.0. The van der Waals surface area contributed by atoms with Crippen LogP contribution in [0.15, 0.2) is 58.9 Å². The Balaban J connectivity index is 1.64. The zero-order chi connectivity index (χ0) is 31.1. The van der Waals surface area contributed by atoms with Crippen molar-refractivity contribution in [3.05, 3.63) is 80.9 Å². The molecule has 0 fully saturated rings. The Morgan fingerprint density at radius 3 is 2.02 bits per heavy atom. The number of methoxy groups -OCH3 is 2. The topological polar surface area (TPSA) is 65.1 Å². The van der Waals surface area contributed by atoms with Crippen LogP contribution >= 0.6 is 11.6 Å². The van der Waals surface area contributed by atoms with Gasteiger partial charge < -0.3 is 19.1 Å². The summed E-state index contributed by atoms with van der Waals surface area (Å²) >= 11 is 6.86. The van der Waals surface area contributed by atoms with Crippen molar-refractivity contribution in [1.29, 1.82) is 0 Å². The molecule has 0 saturated heterocycles. The Morgan fingerprint density at radius 1 is 0.907 bits per heavy atom. The van der Waals surface area contributed by atoms with E-state index >= 15 is 0 Å². The van der Waals surface area contributed by atoms with Crippen molar-refractivity contribution in [1.82, 2.24) is 4.90 Å². The second kappa shape index (κ2) is 12.1. The normalized spacial score (nSPS) is 19.9. The van der Waals surface area contributed by atoms with E-state index in [1.165, 1.54) is 19.2 Å². The average molecular weight is 610 g/mol. The third-order valence-corrected chi connectivity index (χ3v) is 8.91. The van der Waals surface area contributed by atoms with Gasteiger partial charge in [-0.15, -0.1) is 0 Å². The van der Waals surface area contributed by atoms with Crippen molar-refractivity contribution >= 4 is 23.2 Å². The zero-order valence-corrected chi connectivity index (χ0v) is 26.7. The maximum absolute atomic E-state index is 14.0. The molecule has 0 saturated carbocycles. The van der Waals surface area contributed by atoms with Crippen molar-refractivity contribution in [2.24, 2.45) is 10.8 Å². The molecule has 2 aromatic carbocycles. The van der Waals surface area contributed by atoms with Gasteiger partial charge in [-0.25, -0.2) is 4.39 Å². The van der Waals surface area contributed by atoms with E-state index in [4.69, 9.17) is 25.8 Å². The predicted molar refractivity (Wildman–Crippen MR) is 165 cm³/mol. The molecule has 0 unspecified atom stereocenters. The van der Waals surface area contributed by atoms with Crippen molar-refractivity contribution in [3.63, 3.8) is 0 Å². The van der Waals surface area contributed by atoms with E-state index in [1.807, 2.05) is 6.07 Å². The molecule has 2 aliphatic carbocycles. The van der Waals surface area contributed by atoms with Crippen LogP contribution in [-0.4, -0.2) is 43.8 Å². The minimum absolute atomic E-state index is 0.0592. The number of allylic oxidation sites excluding steroid dienone is 4. The van der Waals surface area contributed by atoms with Crippen molar-refractivity contribution in [2.75, 3.05) is 27.4 Å². The molecule has 1 heterocycles. The highest BCUT2D eigenvalue weighted by Crippen LogP contribution is 2.55. The number of benzene rings is 2. The molecule has 5 rings (SSSR count). The SMILES string of the molecule is COCCCN1C2=C(C(=O)CC(C)(C)C2)C(c2cc(Cl)c(OCc3ccc(F)cc3)c(OC)c2)C2=C1CC(C)(C)CC2=O. The van der Waals surface area contributed by atoms with Gasteiger partial charge in [0, 0.05) is 61.6 Å². The Labute approximate surface area is 258 Å². The van der Waals surface area contributed by atoms with Crippen LogP contribution in [0.5, 0.6) is 11.5 Å². The molecule has 0 radical (unpaired) electrons. The van der Waals surface area contributed by atoms with Crippen molar-refractivity contribution < 1.29 is 28.2 Å². The summed E-state index contributed by atoms with van der Waals surface area (Å²) in [5, 5.41) is 0.315. The number of carbonyl (C=O) groups is 2. The fraction of sp³-hybridized carbons (Fsp3) is 0.486. The third-order valence-electron chi connectivity index (χ3n) is 8.63. The smallest absolute Gasteiger partial charge is 0.180 e. The van der Waals surface area contributed by atoms with Crippen LogP contribution in [0, 0.1) is 16.6 Å². The van der Waals surface area contributed by atoms with E-state index in [-0.39, 0.29) is 34.8 Å². The molecule has 0 bridgehead atoms. The number of carbonyl (C=O) groups excluding carboxylic acids is 2. The lowest BCUT2D eigenvalue weighted by molar-refractivity contribution is -0.119. The quantitative estimate of drug-likeness (QED) is 0.270. The van der Waals surface area contributed by atoms with E-state index in [2.05, 4.69) is 32.6 Å². The monoisotopic (exact) mass is 609 g/mol. The minimum atomic E-state index is -0.548. The minimum Gasteiger partial charge on any atom is -0.493 e. The molecule has 43 heavy (non-hydrogen) atoms. The fourth-order valence-corrected chi connectivity index (χ4v) is 7.07. The number of hydrogen-bond acceptors (Lipinski definition) is 6. The van der Waals surface area contributed by atoms with Crippen LogP contribution in [0.3, 0.4) is 0 Å². The summed E-state index contributed by atoms with van der Waals surface area (Å²) in [5.41, 5.74) is 4.45. The largest absolute Gasteiger partial charge is 0.493 e. The second-order valence-corrected chi connectivity index (χ2v) is 13.9. The lowest BCUT2D eigenvalue weighted by atomic mass is 9.63. The van der Waals surface area contributed by atoms with Crippen LogP contribution in [0.4, 0.5) is 4.39 Å². The molecule has 8 heteroatoms. The standard InChI is InChI=1S/C35H41ClFNO5/c1-34(2)16-25-31(27(39)18-34)30(32-26(38(25)12-7-13-41-5)17-35(3,4)19-28(32)40)22-14-24(36)33(29(15-22)42-6)43-20-21-8-10-23(37)11-9-21/h8-11,14-15,30H,7,12-13,16-20H2,1-6H3. The number of rotatable bonds is 9. The second-order valence-electron chi connectivity index (χ2n) is 13.5. The van der Waals surface area contributed by atoms with Gasteiger partial charge in [-0.05, 0) is 65.5 Å². The summed E-state index contributed by atoms with van der Waals surface area (Å²) in [6, 6.07) is 9.70. The Kier molecular flexibility index (Phi) is 8.79. The van der Waals surface area contributed by atoms with E-state index in [1.54, 1.807) is 25.3 Å². The highest BCUT2D eigenvalue weighted by atomic mass is 35.5. The highest BCUT2D eigenvalue weighted by Gasteiger charge is 2.49. The van der Waals surface area contributed by atoms with Gasteiger partial charge in [-0.1, -0.05) is 51.4 Å². The highest BCUT2D eigenvalue weighted by molar-refractivity contribution is 6.32. The first-order valence-corrected chi connectivity index (χ1v) is 15.3. The first kappa shape index (κ1) is 31.3. The first-order valence-electron chi connectivity index (χ1n) is 14.9. The van der Waals surface area contributed by atoms with Gasteiger partial charge in [0.1, 0.15) is 12.4 Å². The molecule has 0 amide bonds. The van der Waals surface area contributed by atoms with E-state index in [9.17, 15) is 14.0 Å². The predicted octanol–water partition coefficient (Wildman–Crippen LogP) is 7.79. The molecule has 3 aliphatic rings. The van der Waals surface area contributed by atoms with Gasteiger partial charge in [0.25, 0.3) is 0 Å². The van der Waals surface area contributed by atoms with Crippen LogP contribution < -0.4 is 9.47 Å². The molecule has 0 aromatic heterocycles. The lowest BCUT2D eigenvalue weighted by Crippen LogP contribution is -2.44. The molecule has 6 nitrogen and oxygen atoms in total. The Morgan fingerprint density at radius 2 is 1.49 bits per heavy atom. The van der Waals surface area contributed by atoms with Crippen molar-refractivity contribution in [3.8, 4) is 11.5 Å². The summed E-state index contributed by atoms with van der Waals surface area (Å²) in [6.45, 7) is 9.95. The maximum Gasteiger partial charge on any atom is 0.180 e. The molecule has 0 N–H and O–H groups in total. The summed E-state index contributed by atoms with van der Waals surface area (Å²) < 4.78 is 30.6. The zero-order valence-electron chi connectivity index (χ0n) is 25.9. The summed E-state index contributed by atoms with van der Waals surface area (Å²) in [5.74, 6) is 0.00629. The number of Topliss-reactive ketones (excluding diaryl/α,β-unsaturated/α-hetero) is 2. The number of ether oxygens (including phenoxy) is 3. The average Bonchev–Trinajstić information content (AvgIpc) is 2.92. The lowest BCUT2D eigenvalue weighted by Gasteiger charge is -2.49. The summed E-state index contributed by atoms with van der Waals surface area (Å²) in [6.07, 6.45) is 3.04. The van der Waals surface area contributed by atoms with Crippen LogP contribution in [0.25, 0.3) is 0 Å². The summed E-state index contributed by atoms with van der Waals surface area (Å²) in [4.78, 5) is 30.3. The number of halogens is 2. The van der Waals surface area contributed by atoms with E-state index < -0.39 is 5.92 Å². The fourth-order valence-electron chi connectivity index (χ4n) is 6.80. The Hall–Kier alpha value is -3.16. The van der Waals surface area contributed by atoms with Gasteiger partial charge in [-0.2, -0.15) is 0 Å². The first-order chi connectivity index (χ1) is 20.3. The van der Waals surface area contributed by atoms with Crippen LogP contribution in [0.2, 0.25) is 5.02 Å². The molecule has 1 aliphatic heterocycles. The third kappa shape index (κ3) is 6.39. The molecular formula is C35H41ClFNO5. The summed E-state index contributed by atoms with van der Waals surface area (Å²) in [7, 11) is 3.23. The van der Waals surface area contributed by atoms with Crippen LogP contribution in [-0.2, 0) is 20.9 Å². The Bertz CT molecular complexity index is 1440. The van der Waals surface area contributed by atoms with Gasteiger partial charge in [0.05, 0.1) is 12.1 Å². The van der Waals surface area contributed by atoms with Gasteiger partial charge in [0.2, 0.25) is 0 Å². The van der Waals surface area contributed by atoms with Crippen molar-refractivity contribution in [2.45, 2.75) is 72.3 Å². The molecular weight excluding hydrogens is 569 g/mol.